The molecule has 3 aromatic carbocycles. The zero-order valence-electron chi connectivity index (χ0n) is 19.8. The first-order chi connectivity index (χ1) is 17.4. The molecule has 0 unspecified atom stereocenters. The molecule has 0 aliphatic rings. The smallest absolute Gasteiger partial charge is 0.250 e. The van der Waals surface area contributed by atoms with Crippen LogP contribution in [-0.2, 0) is 4.79 Å². The molecule has 0 spiro atoms. The van der Waals surface area contributed by atoms with Crippen LogP contribution in [0, 0.1) is 6.92 Å². The number of halogens is 2. The lowest BCUT2D eigenvalue weighted by molar-refractivity contribution is -0.118. The van der Waals surface area contributed by atoms with Gasteiger partial charge in [-0.05, 0) is 55.8 Å². The maximum absolute atomic E-state index is 12.6. The van der Waals surface area contributed by atoms with Crippen molar-refractivity contribution in [3.8, 4) is 22.8 Å². The molecule has 1 aromatic heterocycles. The Labute approximate surface area is 223 Å². The summed E-state index contributed by atoms with van der Waals surface area (Å²) < 4.78 is 7.21. The average molecular weight is 540 g/mol. The molecule has 4 aromatic rings. The summed E-state index contributed by atoms with van der Waals surface area (Å²) in [5.41, 5.74) is 6.88. The highest BCUT2D eigenvalue weighted by atomic mass is 35.5. The Morgan fingerprint density at radius 1 is 1.03 bits per heavy atom. The van der Waals surface area contributed by atoms with Crippen molar-refractivity contribution in [2.45, 2.75) is 19.0 Å². The summed E-state index contributed by atoms with van der Waals surface area (Å²) in [6.07, 6.45) is 0. The Morgan fingerprint density at radius 2 is 1.75 bits per heavy atom. The number of thioether (sulfide) groups is 1. The third-order valence-electron chi connectivity index (χ3n) is 5.29. The van der Waals surface area contributed by atoms with Crippen molar-refractivity contribution in [1.82, 2.24) is 20.2 Å². The molecule has 1 amide bonds. The Kier molecular flexibility index (Phi) is 8.30. The summed E-state index contributed by atoms with van der Waals surface area (Å²) in [5, 5.41) is 14.4. The van der Waals surface area contributed by atoms with Crippen LogP contribution in [0.2, 0.25) is 10.0 Å². The van der Waals surface area contributed by atoms with Crippen molar-refractivity contribution in [2.75, 3.05) is 12.9 Å². The lowest BCUT2D eigenvalue weighted by Gasteiger charge is -2.11. The molecule has 4 rings (SSSR count). The van der Waals surface area contributed by atoms with E-state index in [1.165, 1.54) is 11.8 Å². The second-order valence-electron chi connectivity index (χ2n) is 7.86. The molecule has 0 bridgehead atoms. The van der Waals surface area contributed by atoms with E-state index in [0.29, 0.717) is 26.7 Å². The first-order valence-corrected chi connectivity index (χ1v) is 12.7. The molecule has 0 fully saturated rings. The van der Waals surface area contributed by atoms with E-state index in [0.717, 1.165) is 28.1 Å². The van der Waals surface area contributed by atoms with Gasteiger partial charge in [-0.3, -0.25) is 9.36 Å². The van der Waals surface area contributed by atoms with Gasteiger partial charge in [0.2, 0.25) is 0 Å². The van der Waals surface area contributed by atoms with Gasteiger partial charge in [0, 0.05) is 11.3 Å². The van der Waals surface area contributed by atoms with Crippen molar-refractivity contribution in [3.05, 3.63) is 87.9 Å². The number of aryl methyl sites for hydroxylation is 1. The lowest BCUT2D eigenvalue weighted by atomic mass is 10.1. The fraction of sp³-hybridized carbons (Fsp3) is 0.154. The number of ether oxygens (including phenoxy) is 1. The first-order valence-electron chi connectivity index (χ1n) is 10.9. The quantitative estimate of drug-likeness (QED) is 0.164. The predicted octanol–water partition coefficient (Wildman–Crippen LogP) is 6.19. The number of nitrogens with zero attached hydrogens (tertiary/aromatic N) is 4. The van der Waals surface area contributed by atoms with Gasteiger partial charge in [0.15, 0.2) is 11.0 Å². The number of rotatable bonds is 8. The van der Waals surface area contributed by atoms with Crippen LogP contribution in [0.5, 0.6) is 5.75 Å². The second-order valence-corrected chi connectivity index (χ2v) is 9.61. The van der Waals surface area contributed by atoms with Gasteiger partial charge < -0.3 is 4.74 Å². The number of aromatic nitrogens is 3. The monoisotopic (exact) mass is 539 g/mol. The molecule has 0 aliphatic heterocycles. The fourth-order valence-electron chi connectivity index (χ4n) is 3.31. The van der Waals surface area contributed by atoms with Crippen LogP contribution >= 0.6 is 35.0 Å². The van der Waals surface area contributed by atoms with Crippen LogP contribution in [-0.4, -0.2) is 39.2 Å². The maximum Gasteiger partial charge on any atom is 0.250 e. The van der Waals surface area contributed by atoms with Crippen LogP contribution in [0.3, 0.4) is 0 Å². The van der Waals surface area contributed by atoms with E-state index in [-0.39, 0.29) is 11.7 Å². The first kappa shape index (κ1) is 25.8. The number of carbonyl (C=O) groups is 1. The summed E-state index contributed by atoms with van der Waals surface area (Å²) in [4.78, 5) is 12.6. The number of hydrogen-bond acceptors (Lipinski definition) is 6. The number of carbonyl (C=O) groups excluding carboxylic acids is 1. The third kappa shape index (κ3) is 6.07. The van der Waals surface area contributed by atoms with Crippen molar-refractivity contribution in [3.63, 3.8) is 0 Å². The standard InChI is InChI=1S/C26H23Cl2N5O2S/c1-16-4-6-18(7-5-16)25-31-32-26(33(25)20-9-11-21(35-3)12-10-20)36-15-24(34)30-29-17(2)19-8-13-22(27)23(28)14-19/h4-14H,15H2,1-3H3,(H,30,34)/b29-17-. The van der Waals surface area contributed by atoms with E-state index < -0.39 is 0 Å². The van der Waals surface area contributed by atoms with Gasteiger partial charge in [0.05, 0.1) is 28.6 Å². The van der Waals surface area contributed by atoms with Gasteiger partial charge in [-0.1, -0.05) is 70.9 Å². The second kappa shape index (κ2) is 11.6. The molecule has 0 radical (unpaired) electrons. The zero-order chi connectivity index (χ0) is 25.7. The molecule has 7 nitrogen and oxygen atoms in total. The number of amides is 1. The molecular formula is C26H23Cl2N5O2S. The Bertz CT molecular complexity index is 1400. The lowest BCUT2D eigenvalue weighted by Crippen LogP contribution is -2.21. The fourth-order valence-corrected chi connectivity index (χ4v) is 4.35. The summed E-state index contributed by atoms with van der Waals surface area (Å²) in [5.74, 6) is 1.24. The van der Waals surface area contributed by atoms with Crippen LogP contribution in [0.1, 0.15) is 18.1 Å². The maximum atomic E-state index is 12.6. The molecule has 36 heavy (non-hydrogen) atoms. The van der Waals surface area contributed by atoms with Gasteiger partial charge in [-0.25, -0.2) is 5.43 Å². The van der Waals surface area contributed by atoms with Crippen molar-refractivity contribution >= 4 is 46.6 Å². The summed E-state index contributed by atoms with van der Waals surface area (Å²) in [6.45, 7) is 3.81. The van der Waals surface area contributed by atoms with Gasteiger partial charge in [0.25, 0.3) is 5.91 Å². The molecule has 1 N–H and O–H groups in total. The van der Waals surface area contributed by atoms with Crippen molar-refractivity contribution in [2.24, 2.45) is 5.10 Å². The number of methoxy groups -OCH3 is 1. The van der Waals surface area contributed by atoms with Crippen LogP contribution in [0.15, 0.2) is 77.0 Å². The topological polar surface area (TPSA) is 81.4 Å². The Balaban J connectivity index is 1.53. The van der Waals surface area contributed by atoms with E-state index >= 15 is 0 Å². The summed E-state index contributed by atoms with van der Waals surface area (Å²) in [6, 6.07) is 20.8. The third-order valence-corrected chi connectivity index (χ3v) is 6.96. The van der Waals surface area contributed by atoms with E-state index in [2.05, 4.69) is 20.7 Å². The van der Waals surface area contributed by atoms with Crippen LogP contribution in [0.4, 0.5) is 0 Å². The van der Waals surface area contributed by atoms with Crippen LogP contribution in [0.25, 0.3) is 17.1 Å². The number of benzene rings is 3. The minimum atomic E-state index is -0.277. The highest BCUT2D eigenvalue weighted by Crippen LogP contribution is 2.29. The SMILES string of the molecule is COc1ccc(-n2c(SCC(=O)N/N=C(/C)c3ccc(Cl)c(Cl)c3)nnc2-c2ccc(C)cc2)cc1. The molecule has 0 aliphatic carbocycles. The Morgan fingerprint density at radius 3 is 2.42 bits per heavy atom. The molecule has 10 heteroatoms. The molecular weight excluding hydrogens is 517 g/mol. The number of nitrogens with one attached hydrogen (secondary N) is 1. The number of hydrogen-bond donors (Lipinski definition) is 1. The molecule has 1 heterocycles. The Hall–Kier alpha value is -3.33. The van der Waals surface area contributed by atoms with Gasteiger partial charge in [-0.2, -0.15) is 5.10 Å². The molecule has 0 atom stereocenters. The van der Waals surface area contributed by atoms with E-state index in [1.807, 2.05) is 60.0 Å². The van der Waals surface area contributed by atoms with E-state index in [1.54, 1.807) is 32.2 Å². The highest BCUT2D eigenvalue weighted by molar-refractivity contribution is 7.99. The normalized spacial score (nSPS) is 11.4. The highest BCUT2D eigenvalue weighted by Gasteiger charge is 2.17. The summed E-state index contributed by atoms with van der Waals surface area (Å²) in [7, 11) is 1.62. The predicted molar refractivity (Wildman–Crippen MR) is 146 cm³/mol. The van der Waals surface area contributed by atoms with Crippen molar-refractivity contribution in [1.29, 1.82) is 0 Å². The van der Waals surface area contributed by atoms with Crippen LogP contribution < -0.4 is 10.2 Å². The minimum Gasteiger partial charge on any atom is -0.497 e. The number of hydrazone groups is 1. The van der Waals surface area contributed by atoms with Gasteiger partial charge >= 0.3 is 0 Å². The van der Waals surface area contributed by atoms with Gasteiger partial charge in [0.1, 0.15) is 5.75 Å². The average Bonchev–Trinajstić information content (AvgIpc) is 3.32. The van der Waals surface area contributed by atoms with E-state index in [4.69, 9.17) is 27.9 Å². The minimum absolute atomic E-state index is 0.0976. The van der Waals surface area contributed by atoms with E-state index in [9.17, 15) is 4.79 Å². The van der Waals surface area contributed by atoms with Crippen molar-refractivity contribution < 1.29 is 9.53 Å². The molecule has 0 saturated carbocycles. The zero-order valence-corrected chi connectivity index (χ0v) is 22.2. The molecule has 0 saturated heterocycles. The largest absolute Gasteiger partial charge is 0.497 e. The van der Waals surface area contributed by atoms with Gasteiger partial charge in [-0.15, -0.1) is 10.2 Å². The molecule has 184 valence electrons. The summed E-state index contributed by atoms with van der Waals surface area (Å²) >= 11 is 13.3.